The minimum atomic E-state index is -3.69. The maximum atomic E-state index is 12.4. The molecular formula is C20H16N2O5S. The van der Waals surface area contributed by atoms with Crippen LogP contribution in [0.5, 0.6) is 0 Å². The SMILES string of the molecule is O=C(Nc1ccc(S(=O)(=O)NCc2ccco2)cc1)c1cc2ccccc2o1. The summed E-state index contributed by atoms with van der Waals surface area (Å²) in [6.07, 6.45) is 1.48. The van der Waals surface area contributed by atoms with Gasteiger partial charge in [0, 0.05) is 11.1 Å². The van der Waals surface area contributed by atoms with Crippen LogP contribution in [0.3, 0.4) is 0 Å². The van der Waals surface area contributed by atoms with E-state index in [0.717, 1.165) is 5.39 Å². The van der Waals surface area contributed by atoms with E-state index >= 15 is 0 Å². The molecule has 1 amide bonds. The predicted molar refractivity (Wildman–Crippen MR) is 103 cm³/mol. The van der Waals surface area contributed by atoms with Gasteiger partial charge in [0.1, 0.15) is 11.3 Å². The van der Waals surface area contributed by atoms with Gasteiger partial charge in [-0.05, 0) is 48.5 Å². The fourth-order valence-corrected chi connectivity index (χ4v) is 3.66. The second-order valence-corrected chi connectivity index (χ2v) is 7.80. The lowest BCUT2D eigenvalue weighted by Gasteiger charge is -2.07. The van der Waals surface area contributed by atoms with Crippen LogP contribution in [0.1, 0.15) is 16.3 Å². The van der Waals surface area contributed by atoms with Crippen LogP contribution in [0.4, 0.5) is 5.69 Å². The molecule has 0 fully saturated rings. The number of furan rings is 2. The van der Waals surface area contributed by atoms with E-state index in [2.05, 4.69) is 10.0 Å². The smallest absolute Gasteiger partial charge is 0.291 e. The first-order valence-electron chi connectivity index (χ1n) is 8.43. The number of para-hydroxylation sites is 1. The highest BCUT2D eigenvalue weighted by Crippen LogP contribution is 2.20. The van der Waals surface area contributed by atoms with Gasteiger partial charge in [-0.15, -0.1) is 0 Å². The Morgan fingerprint density at radius 1 is 0.964 bits per heavy atom. The topological polar surface area (TPSA) is 102 Å². The zero-order chi connectivity index (χ0) is 19.6. The number of anilines is 1. The highest BCUT2D eigenvalue weighted by Gasteiger charge is 2.16. The van der Waals surface area contributed by atoms with Crippen molar-refractivity contribution in [2.75, 3.05) is 5.32 Å². The van der Waals surface area contributed by atoms with Crippen molar-refractivity contribution in [1.29, 1.82) is 0 Å². The average Bonchev–Trinajstić information content (AvgIpc) is 3.36. The third kappa shape index (κ3) is 3.83. The molecule has 0 aliphatic carbocycles. The summed E-state index contributed by atoms with van der Waals surface area (Å²) in [7, 11) is -3.69. The molecule has 4 aromatic rings. The maximum absolute atomic E-state index is 12.4. The molecule has 2 heterocycles. The third-order valence-corrected chi connectivity index (χ3v) is 5.51. The number of nitrogens with one attached hydrogen (secondary N) is 2. The number of hydrogen-bond acceptors (Lipinski definition) is 5. The Morgan fingerprint density at radius 3 is 2.46 bits per heavy atom. The summed E-state index contributed by atoms with van der Waals surface area (Å²) in [5.74, 6) is 0.277. The van der Waals surface area contributed by atoms with Gasteiger partial charge in [-0.2, -0.15) is 0 Å². The number of sulfonamides is 1. The fourth-order valence-electron chi connectivity index (χ4n) is 2.67. The van der Waals surface area contributed by atoms with Gasteiger partial charge in [-0.1, -0.05) is 18.2 Å². The molecule has 0 saturated heterocycles. The Kier molecular flexibility index (Phi) is 4.72. The lowest BCUT2D eigenvalue weighted by atomic mass is 10.2. The normalized spacial score (nSPS) is 11.6. The molecule has 7 nitrogen and oxygen atoms in total. The van der Waals surface area contributed by atoms with Gasteiger partial charge in [0.25, 0.3) is 5.91 Å². The zero-order valence-corrected chi connectivity index (χ0v) is 15.4. The third-order valence-electron chi connectivity index (χ3n) is 4.09. The van der Waals surface area contributed by atoms with Crippen molar-refractivity contribution >= 4 is 32.6 Å². The molecule has 4 rings (SSSR count). The molecule has 2 aromatic carbocycles. The minimum Gasteiger partial charge on any atom is -0.468 e. The standard InChI is InChI=1S/C20H16N2O5S/c23-20(19-12-14-4-1-2-6-18(14)27-19)22-15-7-9-17(10-8-15)28(24,25)21-13-16-5-3-11-26-16/h1-12,21H,13H2,(H,22,23). The van der Waals surface area contributed by atoms with Crippen LogP contribution in [-0.2, 0) is 16.6 Å². The quantitative estimate of drug-likeness (QED) is 0.517. The van der Waals surface area contributed by atoms with Gasteiger partial charge in [-0.3, -0.25) is 4.79 Å². The number of amides is 1. The Bertz CT molecular complexity index is 1180. The first kappa shape index (κ1) is 18.0. The molecule has 0 aliphatic rings. The van der Waals surface area contributed by atoms with Crippen molar-refractivity contribution in [1.82, 2.24) is 4.72 Å². The molecule has 0 saturated carbocycles. The van der Waals surface area contributed by atoms with Crippen LogP contribution in [0.25, 0.3) is 11.0 Å². The van der Waals surface area contributed by atoms with Crippen molar-refractivity contribution in [3.8, 4) is 0 Å². The van der Waals surface area contributed by atoms with Crippen molar-refractivity contribution in [3.05, 3.63) is 84.5 Å². The second kappa shape index (κ2) is 7.34. The molecule has 0 spiro atoms. The maximum Gasteiger partial charge on any atom is 0.291 e. The highest BCUT2D eigenvalue weighted by atomic mass is 32.2. The van der Waals surface area contributed by atoms with Crippen LogP contribution in [0, 0.1) is 0 Å². The van der Waals surface area contributed by atoms with Gasteiger partial charge in [0.05, 0.1) is 17.7 Å². The summed E-state index contributed by atoms with van der Waals surface area (Å²) in [5, 5.41) is 3.52. The van der Waals surface area contributed by atoms with Crippen molar-refractivity contribution in [2.45, 2.75) is 11.4 Å². The summed E-state index contributed by atoms with van der Waals surface area (Å²) >= 11 is 0. The Balaban J connectivity index is 1.44. The average molecular weight is 396 g/mol. The number of benzene rings is 2. The molecule has 0 unspecified atom stereocenters. The minimum absolute atomic E-state index is 0.0554. The highest BCUT2D eigenvalue weighted by molar-refractivity contribution is 7.89. The molecule has 28 heavy (non-hydrogen) atoms. The van der Waals surface area contributed by atoms with Gasteiger partial charge in [0.15, 0.2) is 5.76 Å². The van der Waals surface area contributed by atoms with E-state index < -0.39 is 15.9 Å². The molecule has 0 bridgehead atoms. The Morgan fingerprint density at radius 2 is 1.75 bits per heavy atom. The Labute approximate surface area is 161 Å². The largest absolute Gasteiger partial charge is 0.468 e. The van der Waals surface area contributed by atoms with Crippen molar-refractivity contribution in [2.24, 2.45) is 0 Å². The number of fused-ring (bicyclic) bond motifs is 1. The van der Waals surface area contributed by atoms with E-state index in [-0.39, 0.29) is 17.2 Å². The summed E-state index contributed by atoms with van der Waals surface area (Å²) in [6.45, 7) is 0.0554. The molecule has 0 atom stereocenters. The van der Waals surface area contributed by atoms with Crippen molar-refractivity contribution in [3.63, 3.8) is 0 Å². The van der Waals surface area contributed by atoms with Gasteiger partial charge in [-0.25, -0.2) is 13.1 Å². The summed E-state index contributed by atoms with van der Waals surface area (Å²) in [4.78, 5) is 12.4. The van der Waals surface area contributed by atoms with Gasteiger partial charge < -0.3 is 14.2 Å². The first-order chi connectivity index (χ1) is 13.5. The van der Waals surface area contributed by atoms with E-state index in [0.29, 0.717) is 17.0 Å². The fraction of sp³-hybridized carbons (Fsp3) is 0.0500. The van der Waals surface area contributed by atoms with Crippen LogP contribution < -0.4 is 10.0 Å². The molecule has 0 radical (unpaired) electrons. The molecular weight excluding hydrogens is 380 g/mol. The zero-order valence-electron chi connectivity index (χ0n) is 14.6. The van der Waals surface area contributed by atoms with Gasteiger partial charge in [0.2, 0.25) is 10.0 Å². The summed E-state index contributed by atoms with van der Waals surface area (Å²) in [6, 6.07) is 18.2. The lowest BCUT2D eigenvalue weighted by molar-refractivity contribution is 0.0998. The first-order valence-corrected chi connectivity index (χ1v) is 9.92. The molecule has 2 N–H and O–H groups in total. The van der Waals surface area contributed by atoms with E-state index in [1.165, 1.54) is 30.5 Å². The van der Waals surface area contributed by atoms with Crippen LogP contribution >= 0.6 is 0 Å². The summed E-state index contributed by atoms with van der Waals surface area (Å²) in [5.41, 5.74) is 1.08. The second-order valence-electron chi connectivity index (χ2n) is 6.03. The number of carbonyl (C=O) groups is 1. The summed E-state index contributed by atoms with van der Waals surface area (Å²) < 4.78 is 37.7. The number of rotatable bonds is 6. The number of carbonyl (C=O) groups excluding carboxylic acids is 1. The van der Waals surface area contributed by atoms with E-state index in [1.54, 1.807) is 24.3 Å². The van der Waals surface area contributed by atoms with E-state index in [4.69, 9.17) is 8.83 Å². The van der Waals surface area contributed by atoms with Crippen LogP contribution in [0.15, 0.2) is 86.7 Å². The van der Waals surface area contributed by atoms with Crippen molar-refractivity contribution < 1.29 is 22.0 Å². The molecule has 142 valence electrons. The monoisotopic (exact) mass is 396 g/mol. The van der Waals surface area contributed by atoms with Gasteiger partial charge >= 0.3 is 0 Å². The van der Waals surface area contributed by atoms with Crippen LogP contribution in [0.2, 0.25) is 0 Å². The molecule has 0 aliphatic heterocycles. The van der Waals surface area contributed by atoms with E-state index in [1.807, 2.05) is 18.2 Å². The molecule has 2 aromatic heterocycles. The van der Waals surface area contributed by atoms with E-state index in [9.17, 15) is 13.2 Å². The lowest BCUT2D eigenvalue weighted by Crippen LogP contribution is -2.23. The van der Waals surface area contributed by atoms with Crippen LogP contribution in [-0.4, -0.2) is 14.3 Å². The molecule has 8 heteroatoms. The Hall–Kier alpha value is -3.36. The number of hydrogen-bond donors (Lipinski definition) is 2. The predicted octanol–water partition coefficient (Wildman–Crippen LogP) is 3.76.